The molecule has 2 saturated heterocycles. The summed E-state index contributed by atoms with van der Waals surface area (Å²) in [4.78, 5) is 31.2. The van der Waals surface area contributed by atoms with Crippen molar-refractivity contribution in [2.75, 3.05) is 54.5 Å². The Morgan fingerprint density at radius 1 is 1.18 bits per heavy atom. The van der Waals surface area contributed by atoms with E-state index in [1.54, 1.807) is 48.3 Å². The van der Waals surface area contributed by atoms with Crippen LogP contribution in [0.4, 0.5) is 17.5 Å². The summed E-state index contributed by atoms with van der Waals surface area (Å²) in [7, 11) is 0. The Labute approximate surface area is 224 Å². The van der Waals surface area contributed by atoms with Gasteiger partial charge in [0, 0.05) is 44.0 Å². The Morgan fingerprint density at radius 3 is 2.79 bits per heavy atom. The van der Waals surface area contributed by atoms with Crippen molar-refractivity contribution >= 4 is 34.7 Å². The first-order chi connectivity index (χ1) is 18.9. The number of hydrogen-bond acceptors (Lipinski definition) is 11. The van der Waals surface area contributed by atoms with Crippen LogP contribution in [0.2, 0.25) is 0 Å². The highest BCUT2D eigenvalue weighted by Crippen LogP contribution is 2.33. The van der Waals surface area contributed by atoms with E-state index in [1.807, 2.05) is 9.80 Å². The summed E-state index contributed by atoms with van der Waals surface area (Å²) in [6.45, 7) is 5.58. The van der Waals surface area contributed by atoms with E-state index in [4.69, 9.17) is 14.1 Å². The van der Waals surface area contributed by atoms with Gasteiger partial charge in [0.2, 0.25) is 5.65 Å². The molecular weight excluding hydrogens is 504 g/mol. The van der Waals surface area contributed by atoms with E-state index < -0.39 is 18.1 Å². The third kappa shape index (κ3) is 5.41. The zero-order chi connectivity index (χ0) is 26.9. The van der Waals surface area contributed by atoms with Crippen molar-refractivity contribution in [1.29, 1.82) is 0 Å². The van der Waals surface area contributed by atoms with Crippen molar-refractivity contribution in [2.45, 2.75) is 32.1 Å². The zero-order valence-electron chi connectivity index (χ0n) is 21.5. The number of rotatable bonds is 7. The smallest absolute Gasteiger partial charge is 0.300 e. The molecule has 2 aliphatic heterocycles. The van der Waals surface area contributed by atoms with Gasteiger partial charge in [-0.05, 0) is 25.5 Å². The molecule has 3 N–H and O–H groups in total. The maximum atomic E-state index is 13.4. The molecule has 4 aromatic rings. The van der Waals surface area contributed by atoms with E-state index in [0.29, 0.717) is 86.8 Å². The van der Waals surface area contributed by atoms with E-state index in [1.165, 1.54) is 0 Å². The predicted molar refractivity (Wildman–Crippen MR) is 143 cm³/mol. The molecule has 0 aliphatic carbocycles. The van der Waals surface area contributed by atoms with Crippen molar-refractivity contribution in [1.82, 2.24) is 24.7 Å². The van der Waals surface area contributed by atoms with Gasteiger partial charge >= 0.3 is 0 Å². The molecule has 0 aromatic carbocycles. The van der Waals surface area contributed by atoms with Gasteiger partial charge in [0.05, 0.1) is 49.5 Å². The second kappa shape index (κ2) is 10.6. The van der Waals surface area contributed by atoms with Crippen LogP contribution in [-0.4, -0.2) is 92.5 Å². The highest BCUT2D eigenvalue weighted by atomic mass is 16.5. The van der Waals surface area contributed by atoms with Crippen LogP contribution in [-0.2, 0) is 11.3 Å². The molecular formula is C26H30N8O5. The molecule has 2 atom stereocenters. The Balaban J connectivity index is 1.29. The molecule has 13 nitrogen and oxygen atoms in total. The third-order valence-corrected chi connectivity index (χ3v) is 6.71. The number of fused-ring (bicyclic) bond motifs is 1. The van der Waals surface area contributed by atoms with Crippen LogP contribution in [0.15, 0.2) is 41.1 Å². The third-order valence-electron chi connectivity index (χ3n) is 6.71. The number of carbonyl (C=O) groups excluding carboxylic acids is 1. The number of carbonyl (C=O) groups is 1. The summed E-state index contributed by atoms with van der Waals surface area (Å²) in [5.41, 5.74) is 2.86. The van der Waals surface area contributed by atoms with Crippen molar-refractivity contribution in [3.05, 3.63) is 42.4 Å². The number of ether oxygens (including phenoxy) is 1. The fourth-order valence-corrected chi connectivity index (χ4v) is 4.77. The summed E-state index contributed by atoms with van der Waals surface area (Å²) in [6, 6.07) is 7.37. The molecule has 6 heterocycles. The minimum absolute atomic E-state index is 0.217. The maximum Gasteiger partial charge on any atom is 0.300 e. The van der Waals surface area contributed by atoms with Crippen LogP contribution < -0.4 is 15.1 Å². The predicted octanol–water partition coefficient (Wildman–Crippen LogP) is 1.52. The lowest BCUT2D eigenvalue weighted by Crippen LogP contribution is -2.36. The normalized spacial score (nSPS) is 18.6. The molecule has 0 radical (unpaired) electrons. The van der Waals surface area contributed by atoms with Crippen LogP contribution in [0.25, 0.3) is 22.5 Å². The van der Waals surface area contributed by atoms with Crippen LogP contribution >= 0.6 is 0 Å². The second-order valence-corrected chi connectivity index (χ2v) is 9.83. The van der Waals surface area contributed by atoms with E-state index in [9.17, 15) is 15.0 Å². The molecule has 1 amide bonds. The second-order valence-electron chi connectivity index (χ2n) is 9.83. The number of anilines is 3. The molecule has 39 heavy (non-hydrogen) atoms. The summed E-state index contributed by atoms with van der Waals surface area (Å²) in [5.74, 6) is 0.105. The molecule has 204 valence electrons. The quantitative estimate of drug-likeness (QED) is 0.316. The lowest BCUT2D eigenvalue weighted by Gasteiger charge is -2.24. The number of aromatic nitrogens is 5. The van der Waals surface area contributed by atoms with Gasteiger partial charge in [0.1, 0.15) is 5.69 Å². The van der Waals surface area contributed by atoms with Crippen LogP contribution in [0.3, 0.4) is 0 Å². The first-order valence-electron chi connectivity index (χ1n) is 13.0. The maximum absolute atomic E-state index is 13.4. The molecule has 0 bridgehead atoms. The molecule has 4 aromatic heterocycles. The molecule has 2 fully saturated rings. The van der Waals surface area contributed by atoms with Gasteiger partial charge in [-0.25, -0.2) is 9.97 Å². The molecule has 13 heteroatoms. The first kappa shape index (κ1) is 25.2. The Morgan fingerprint density at radius 2 is 2.03 bits per heavy atom. The first-order valence-corrected chi connectivity index (χ1v) is 13.0. The largest absolute Gasteiger partial charge is 0.422 e. The molecule has 6 rings (SSSR count). The van der Waals surface area contributed by atoms with Crippen LogP contribution in [0.5, 0.6) is 0 Å². The molecule has 0 saturated carbocycles. The van der Waals surface area contributed by atoms with Crippen LogP contribution in [0.1, 0.15) is 23.8 Å². The monoisotopic (exact) mass is 534 g/mol. The van der Waals surface area contributed by atoms with Gasteiger partial charge in [0.25, 0.3) is 11.9 Å². The molecule has 2 unspecified atom stereocenters. The van der Waals surface area contributed by atoms with Gasteiger partial charge in [-0.2, -0.15) is 10.1 Å². The standard InChI is InChI=1S/C26H30N8O5/c1-16(35)13-34-14-17(12-27-34)19-3-2-4-20(28-19)25(37)29-21-11-22-23(30-24(21)33-6-5-18(36)15-33)31-26(39-22)32-7-9-38-10-8-32/h2-4,11-12,14,16,18,35-36H,5-10,13,15H2,1H3,(H,29,37). The number of aliphatic hydroxyl groups excluding tert-OH is 2. The summed E-state index contributed by atoms with van der Waals surface area (Å²) >= 11 is 0. The number of nitrogens with one attached hydrogen (secondary N) is 1. The summed E-state index contributed by atoms with van der Waals surface area (Å²) in [6.07, 6.45) is 3.03. The SMILES string of the molecule is CC(O)Cn1cc(-c2cccc(C(=O)Nc3cc4oc(N5CCOCC5)nc4nc3N3CCC(O)C3)n2)cn1. The Kier molecular flexibility index (Phi) is 6.85. The topological polar surface area (TPSA) is 155 Å². The number of pyridine rings is 2. The average molecular weight is 535 g/mol. The number of hydrogen-bond donors (Lipinski definition) is 3. The van der Waals surface area contributed by atoms with Gasteiger partial charge in [-0.1, -0.05) is 6.07 Å². The van der Waals surface area contributed by atoms with E-state index >= 15 is 0 Å². The van der Waals surface area contributed by atoms with Crippen LogP contribution in [0, 0.1) is 0 Å². The zero-order valence-corrected chi connectivity index (χ0v) is 21.5. The summed E-state index contributed by atoms with van der Waals surface area (Å²) < 4.78 is 13.1. The fourth-order valence-electron chi connectivity index (χ4n) is 4.77. The Bertz CT molecular complexity index is 1480. The number of nitrogens with zero attached hydrogens (tertiary/aromatic N) is 7. The van der Waals surface area contributed by atoms with E-state index in [0.717, 1.165) is 5.56 Å². The van der Waals surface area contributed by atoms with Crippen molar-refractivity contribution in [2.24, 2.45) is 0 Å². The molecule has 0 spiro atoms. The fraction of sp³-hybridized carbons (Fsp3) is 0.423. The highest BCUT2D eigenvalue weighted by Gasteiger charge is 2.27. The van der Waals surface area contributed by atoms with E-state index in [2.05, 4.69) is 20.4 Å². The number of aliphatic hydroxyl groups is 2. The lowest BCUT2D eigenvalue weighted by molar-refractivity contribution is 0.102. The van der Waals surface area contributed by atoms with Crippen molar-refractivity contribution < 1.29 is 24.2 Å². The van der Waals surface area contributed by atoms with E-state index in [-0.39, 0.29) is 5.69 Å². The van der Waals surface area contributed by atoms with Gasteiger partial charge in [-0.3, -0.25) is 9.48 Å². The Hall–Kier alpha value is -4.07. The van der Waals surface area contributed by atoms with Gasteiger partial charge < -0.3 is 34.5 Å². The van der Waals surface area contributed by atoms with Gasteiger partial charge in [-0.15, -0.1) is 0 Å². The highest BCUT2D eigenvalue weighted by molar-refractivity contribution is 6.05. The van der Waals surface area contributed by atoms with Gasteiger partial charge in [0.15, 0.2) is 11.4 Å². The minimum Gasteiger partial charge on any atom is -0.422 e. The average Bonchev–Trinajstić information content (AvgIpc) is 3.68. The number of amides is 1. The molecule has 2 aliphatic rings. The number of oxazole rings is 1. The lowest BCUT2D eigenvalue weighted by atomic mass is 10.2. The number of β-amino-alcohol motifs (C(OH)–C–C–N with tert-alkyl or cyclic N) is 1. The summed E-state index contributed by atoms with van der Waals surface area (Å²) in [5, 5.41) is 27.0. The van der Waals surface area contributed by atoms with Crippen molar-refractivity contribution in [3.63, 3.8) is 0 Å². The number of morpholine rings is 1. The minimum atomic E-state index is -0.533. The van der Waals surface area contributed by atoms with Crippen molar-refractivity contribution in [3.8, 4) is 11.3 Å².